The zero-order chi connectivity index (χ0) is 13.1. The molecule has 0 heterocycles. The maximum atomic E-state index is 13.0. The number of aliphatic hydroxyl groups excluding tert-OH is 1. The molecule has 96 valence electrons. The molecule has 0 radical (unpaired) electrons. The van der Waals surface area contributed by atoms with Crippen molar-refractivity contribution in [2.75, 3.05) is 30.3 Å². The lowest BCUT2D eigenvalue weighted by molar-refractivity contribution is -0.119. The lowest BCUT2D eigenvalue weighted by atomic mass is 10.2. The highest BCUT2D eigenvalue weighted by Crippen LogP contribution is 2.24. The van der Waals surface area contributed by atoms with Crippen LogP contribution in [-0.4, -0.2) is 31.0 Å². The second-order valence-electron chi connectivity index (χ2n) is 3.50. The third-order valence-electron chi connectivity index (χ3n) is 2.01. The standard InChI is InChI=1S/C10H12F4N2O/c11-7-3-8(15)5-9(4-7)16(1-2-17)6-10(12,13)14/h3-5,17H,1-2,6,15H2. The fourth-order valence-electron chi connectivity index (χ4n) is 1.42. The van der Waals surface area contributed by atoms with Crippen LogP contribution in [0.5, 0.6) is 0 Å². The molecular formula is C10H12F4N2O. The second-order valence-corrected chi connectivity index (χ2v) is 3.50. The van der Waals surface area contributed by atoms with E-state index in [1.54, 1.807) is 0 Å². The molecule has 0 spiro atoms. The number of aliphatic hydroxyl groups is 1. The first-order valence-corrected chi connectivity index (χ1v) is 4.80. The average Bonchev–Trinajstić information content (AvgIpc) is 2.13. The minimum atomic E-state index is -4.43. The molecular weight excluding hydrogens is 240 g/mol. The van der Waals surface area contributed by atoms with Gasteiger partial charge in [0.1, 0.15) is 12.4 Å². The van der Waals surface area contributed by atoms with Crippen molar-refractivity contribution in [2.24, 2.45) is 0 Å². The molecule has 0 atom stereocenters. The van der Waals surface area contributed by atoms with Gasteiger partial charge in [-0.25, -0.2) is 4.39 Å². The van der Waals surface area contributed by atoms with Gasteiger partial charge in [-0.3, -0.25) is 0 Å². The summed E-state index contributed by atoms with van der Waals surface area (Å²) in [4.78, 5) is 0.819. The molecule has 1 rings (SSSR count). The topological polar surface area (TPSA) is 49.5 Å². The number of nitrogens with two attached hydrogens (primary N) is 1. The number of hydrogen-bond acceptors (Lipinski definition) is 3. The number of benzene rings is 1. The molecule has 0 aliphatic heterocycles. The normalized spacial score (nSPS) is 11.6. The molecule has 0 bridgehead atoms. The Bertz CT molecular complexity index is 361. The number of halogens is 4. The van der Waals surface area contributed by atoms with Crippen LogP contribution in [0, 0.1) is 5.82 Å². The van der Waals surface area contributed by atoms with Gasteiger partial charge < -0.3 is 15.7 Å². The summed E-state index contributed by atoms with van der Waals surface area (Å²) in [5.74, 6) is -0.717. The molecule has 7 heteroatoms. The highest BCUT2D eigenvalue weighted by atomic mass is 19.4. The van der Waals surface area contributed by atoms with Gasteiger partial charge in [0.15, 0.2) is 0 Å². The van der Waals surface area contributed by atoms with Crippen molar-refractivity contribution in [3.8, 4) is 0 Å². The Balaban J connectivity index is 2.96. The van der Waals surface area contributed by atoms with Crippen molar-refractivity contribution in [1.29, 1.82) is 0 Å². The maximum Gasteiger partial charge on any atom is 0.405 e. The van der Waals surface area contributed by atoms with Crippen molar-refractivity contribution < 1.29 is 22.7 Å². The molecule has 0 amide bonds. The van der Waals surface area contributed by atoms with E-state index in [9.17, 15) is 17.6 Å². The van der Waals surface area contributed by atoms with E-state index in [0.29, 0.717) is 0 Å². The van der Waals surface area contributed by atoms with Gasteiger partial charge in [-0.2, -0.15) is 13.2 Å². The summed E-state index contributed by atoms with van der Waals surface area (Å²) in [5, 5.41) is 8.70. The van der Waals surface area contributed by atoms with Crippen molar-refractivity contribution in [2.45, 2.75) is 6.18 Å². The van der Waals surface area contributed by atoms with E-state index in [1.807, 2.05) is 0 Å². The van der Waals surface area contributed by atoms with Crippen LogP contribution < -0.4 is 10.6 Å². The van der Waals surface area contributed by atoms with Gasteiger partial charge >= 0.3 is 6.18 Å². The van der Waals surface area contributed by atoms with Crippen molar-refractivity contribution >= 4 is 11.4 Å². The number of alkyl halides is 3. The second kappa shape index (κ2) is 5.22. The third-order valence-corrected chi connectivity index (χ3v) is 2.01. The molecule has 3 nitrogen and oxygen atoms in total. The molecule has 0 saturated carbocycles. The summed E-state index contributed by atoms with van der Waals surface area (Å²) in [6.45, 7) is -1.98. The van der Waals surface area contributed by atoms with Gasteiger partial charge in [0.2, 0.25) is 0 Å². The Morgan fingerprint density at radius 1 is 1.24 bits per heavy atom. The van der Waals surface area contributed by atoms with Crippen LogP contribution in [0.3, 0.4) is 0 Å². The summed E-state index contributed by atoms with van der Waals surface area (Å²) in [6.07, 6.45) is -4.43. The Morgan fingerprint density at radius 3 is 2.35 bits per heavy atom. The van der Waals surface area contributed by atoms with Crippen LogP contribution >= 0.6 is 0 Å². The van der Waals surface area contributed by atoms with Gasteiger partial charge in [0, 0.05) is 17.9 Å². The largest absolute Gasteiger partial charge is 0.405 e. The summed E-state index contributed by atoms with van der Waals surface area (Å²) in [5.41, 5.74) is 5.37. The molecule has 17 heavy (non-hydrogen) atoms. The molecule has 0 aliphatic carbocycles. The quantitative estimate of drug-likeness (QED) is 0.634. The highest BCUT2D eigenvalue weighted by Gasteiger charge is 2.30. The van der Waals surface area contributed by atoms with E-state index in [4.69, 9.17) is 10.8 Å². The predicted molar refractivity (Wildman–Crippen MR) is 56.2 cm³/mol. The van der Waals surface area contributed by atoms with E-state index in [0.717, 1.165) is 17.0 Å². The number of hydrogen-bond donors (Lipinski definition) is 2. The van der Waals surface area contributed by atoms with Gasteiger partial charge in [0.05, 0.1) is 6.61 Å². The minimum absolute atomic E-state index is 0.00567. The van der Waals surface area contributed by atoms with Crippen LogP contribution in [0.1, 0.15) is 0 Å². The van der Waals surface area contributed by atoms with E-state index in [-0.39, 0.29) is 17.9 Å². The van der Waals surface area contributed by atoms with Crippen LogP contribution in [0.25, 0.3) is 0 Å². The highest BCUT2D eigenvalue weighted by molar-refractivity contribution is 5.56. The molecule has 0 fully saturated rings. The summed E-state index contributed by atoms with van der Waals surface area (Å²) >= 11 is 0. The first-order valence-electron chi connectivity index (χ1n) is 4.80. The monoisotopic (exact) mass is 252 g/mol. The van der Waals surface area contributed by atoms with Gasteiger partial charge in [-0.15, -0.1) is 0 Å². The van der Waals surface area contributed by atoms with E-state index in [1.165, 1.54) is 6.07 Å². The number of nitrogens with zero attached hydrogens (tertiary/aromatic N) is 1. The minimum Gasteiger partial charge on any atom is -0.399 e. The molecule has 1 aromatic carbocycles. The molecule has 1 aromatic rings. The zero-order valence-corrected chi connectivity index (χ0v) is 8.84. The van der Waals surface area contributed by atoms with Gasteiger partial charge in [-0.05, 0) is 18.2 Å². The summed E-state index contributed by atoms with van der Waals surface area (Å²) in [7, 11) is 0. The Morgan fingerprint density at radius 2 is 1.88 bits per heavy atom. The lowest BCUT2D eigenvalue weighted by Gasteiger charge is -2.25. The first kappa shape index (κ1) is 13.6. The zero-order valence-electron chi connectivity index (χ0n) is 8.84. The first-order chi connectivity index (χ1) is 7.81. The smallest absolute Gasteiger partial charge is 0.399 e. The molecule has 0 unspecified atom stereocenters. The van der Waals surface area contributed by atoms with Gasteiger partial charge in [-0.1, -0.05) is 0 Å². The molecule has 3 N–H and O–H groups in total. The average molecular weight is 252 g/mol. The van der Waals surface area contributed by atoms with Crippen molar-refractivity contribution in [3.05, 3.63) is 24.0 Å². The van der Waals surface area contributed by atoms with E-state index in [2.05, 4.69) is 0 Å². The van der Waals surface area contributed by atoms with Crippen LogP contribution in [0.15, 0.2) is 18.2 Å². The third kappa shape index (κ3) is 4.48. The Labute approximate surface area is 95.4 Å². The van der Waals surface area contributed by atoms with Crippen LogP contribution in [0.4, 0.5) is 28.9 Å². The van der Waals surface area contributed by atoms with Gasteiger partial charge in [0.25, 0.3) is 0 Å². The fourth-order valence-corrected chi connectivity index (χ4v) is 1.42. The van der Waals surface area contributed by atoms with Crippen LogP contribution in [0.2, 0.25) is 0 Å². The number of anilines is 2. The SMILES string of the molecule is Nc1cc(F)cc(N(CCO)CC(F)(F)F)c1. The Kier molecular flexibility index (Phi) is 4.17. The lowest BCUT2D eigenvalue weighted by Crippen LogP contribution is -2.36. The number of nitrogen functional groups attached to an aromatic ring is 1. The molecule has 0 aromatic heterocycles. The van der Waals surface area contributed by atoms with E-state index < -0.39 is 25.1 Å². The molecule has 0 saturated heterocycles. The Hall–Kier alpha value is -1.50. The van der Waals surface area contributed by atoms with Crippen molar-refractivity contribution in [1.82, 2.24) is 0 Å². The van der Waals surface area contributed by atoms with Crippen molar-refractivity contribution in [3.63, 3.8) is 0 Å². The molecule has 0 aliphatic rings. The van der Waals surface area contributed by atoms with E-state index >= 15 is 0 Å². The van der Waals surface area contributed by atoms with Crippen LogP contribution in [-0.2, 0) is 0 Å². The predicted octanol–water partition coefficient (Wildman–Crippen LogP) is 1.77. The fraction of sp³-hybridized carbons (Fsp3) is 0.400. The summed E-state index contributed by atoms with van der Waals surface area (Å²) in [6, 6.07) is 3.18. The maximum absolute atomic E-state index is 13.0. The summed E-state index contributed by atoms with van der Waals surface area (Å²) < 4.78 is 49.8. The number of rotatable bonds is 4.